The summed E-state index contributed by atoms with van der Waals surface area (Å²) >= 11 is 6.29. The molecule has 154 valence electrons. The Hall–Kier alpha value is -2.28. The van der Waals surface area contributed by atoms with Gasteiger partial charge in [0.25, 0.3) is 0 Å². The van der Waals surface area contributed by atoms with Gasteiger partial charge in [-0.25, -0.2) is 0 Å². The van der Waals surface area contributed by atoms with Gasteiger partial charge in [0.1, 0.15) is 0 Å². The predicted molar refractivity (Wildman–Crippen MR) is 110 cm³/mol. The van der Waals surface area contributed by atoms with E-state index in [1.54, 1.807) is 6.07 Å². The number of piperidine rings is 1. The highest BCUT2D eigenvalue weighted by Crippen LogP contribution is 2.41. The maximum atomic E-state index is 11.3. The van der Waals surface area contributed by atoms with E-state index in [2.05, 4.69) is 16.6 Å². The average molecular weight is 417 g/mol. The SMILES string of the molecule is O=C(O)[C@@H]1CCCN(CCCC2c3ccccc3ONOc3ccc(Cl)cc32)C1. The lowest BCUT2D eigenvalue weighted by atomic mass is 9.86. The number of nitrogens with zero attached hydrogens (tertiary/aromatic N) is 1. The lowest BCUT2D eigenvalue weighted by Crippen LogP contribution is -2.39. The Labute approximate surface area is 175 Å². The fourth-order valence-electron chi connectivity index (χ4n) is 4.31. The summed E-state index contributed by atoms with van der Waals surface area (Å²) in [6, 6.07) is 13.5. The molecule has 1 saturated heterocycles. The smallest absolute Gasteiger partial charge is 0.307 e. The highest BCUT2D eigenvalue weighted by Gasteiger charge is 2.27. The first kappa shape index (κ1) is 20.0. The van der Waals surface area contributed by atoms with Crippen LogP contribution in [0.2, 0.25) is 5.02 Å². The topological polar surface area (TPSA) is 71.0 Å². The minimum atomic E-state index is -0.686. The molecule has 4 rings (SSSR count). The molecule has 2 heterocycles. The zero-order valence-corrected chi connectivity index (χ0v) is 16.9. The van der Waals surface area contributed by atoms with Crippen LogP contribution in [-0.2, 0) is 4.79 Å². The molecule has 0 amide bonds. The van der Waals surface area contributed by atoms with E-state index in [0.717, 1.165) is 55.6 Å². The minimum absolute atomic E-state index is 0.0714. The maximum Gasteiger partial charge on any atom is 0.307 e. The van der Waals surface area contributed by atoms with Crippen molar-refractivity contribution >= 4 is 17.6 Å². The van der Waals surface area contributed by atoms with E-state index < -0.39 is 5.97 Å². The fourth-order valence-corrected chi connectivity index (χ4v) is 4.49. The fraction of sp³-hybridized carbons (Fsp3) is 0.409. The van der Waals surface area contributed by atoms with Crippen LogP contribution in [0.25, 0.3) is 0 Å². The molecule has 2 aliphatic heterocycles. The number of aliphatic carboxylic acids is 1. The zero-order valence-electron chi connectivity index (χ0n) is 16.1. The van der Waals surface area contributed by atoms with Crippen LogP contribution in [0.4, 0.5) is 0 Å². The Bertz CT molecular complexity index is 876. The van der Waals surface area contributed by atoms with Crippen molar-refractivity contribution in [1.82, 2.24) is 10.5 Å². The van der Waals surface area contributed by atoms with Crippen molar-refractivity contribution in [2.75, 3.05) is 19.6 Å². The van der Waals surface area contributed by atoms with Crippen molar-refractivity contribution < 1.29 is 19.6 Å². The van der Waals surface area contributed by atoms with Gasteiger partial charge in [-0.15, -0.1) is 0 Å². The van der Waals surface area contributed by atoms with Crippen LogP contribution in [-0.4, -0.2) is 35.6 Å². The summed E-state index contributed by atoms with van der Waals surface area (Å²) in [5, 5.41) is 9.98. The Balaban J connectivity index is 1.53. The van der Waals surface area contributed by atoms with E-state index in [0.29, 0.717) is 17.3 Å². The largest absolute Gasteiger partial charge is 0.481 e. The molecule has 29 heavy (non-hydrogen) atoms. The van der Waals surface area contributed by atoms with Crippen molar-refractivity contribution in [3.05, 3.63) is 58.6 Å². The van der Waals surface area contributed by atoms with Crippen molar-refractivity contribution in [2.24, 2.45) is 5.92 Å². The minimum Gasteiger partial charge on any atom is -0.481 e. The first-order valence-corrected chi connectivity index (χ1v) is 10.4. The third-order valence-corrected chi connectivity index (χ3v) is 6.00. The van der Waals surface area contributed by atoms with Crippen LogP contribution in [0.1, 0.15) is 42.7 Å². The molecule has 6 nitrogen and oxygen atoms in total. The van der Waals surface area contributed by atoms with Gasteiger partial charge in [0.05, 0.1) is 5.92 Å². The Kier molecular flexibility index (Phi) is 6.23. The first-order chi connectivity index (χ1) is 14.1. The van der Waals surface area contributed by atoms with Crippen LogP contribution in [0.15, 0.2) is 42.5 Å². The third kappa shape index (κ3) is 4.66. The van der Waals surface area contributed by atoms with Gasteiger partial charge in [-0.3, -0.25) is 4.79 Å². The molecule has 0 bridgehead atoms. The number of carbonyl (C=O) groups is 1. The number of rotatable bonds is 5. The molecule has 2 aromatic rings. The summed E-state index contributed by atoms with van der Waals surface area (Å²) in [4.78, 5) is 24.8. The van der Waals surface area contributed by atoms with Gasteiger partial charge in [-0.05, 0) is 63.0 Å². The molecule has 0 spiro atoms. The van der Waals surface area contributed by atoms with Crippen LogP contribution in [0.3, 0.4) is 0 Å². The number of likely N-dealkylation sites (tertiary alicyclic amines) is 1. The summed E-state index contributed by atoms with van der Waals surface area (Å²) in [7, 11) is 0. The van der Waals surface area contributed by atoms with E-state index in [4.69, 9.17) is 21.3 Å². The molecule has 0 radical (unpaired) electrons. The molecule has 2 atom stereocenters. The Morgan fingerprint density at radius 2 is 1.97 bits per heavy atom. The molecule has 2 aliphatic rings. The third-order valence-electron chi connectivity index (χ3n) is 5.77. The first-order valence-electron chi connectivity index (χ1n) is 10.0. The molecule has 0 aromatic heterocycles. The van der Waals surface area contributed by atoms with E-state index in [1.807, 2.05) is 30.3 Å². The summed E-state index contributed by atoms with van der Waals surface area (Å²) < 4.78 is 0. The Morgan fingerprint density at radius 3 is 2.79 bits per heavy atom. The number of halogens is 1. The van der Waals surface area contributed by atoms with Gasteiger partial charge < -0.3 is 19.7 Å². The number of carboxylic acids is 1. The summed E-state index contributed by atoms with van der Waals surface area (Å²) in [5.41, 5.74) is 4.65. The van der Waals surface area contributed by atoms with E-state index in [9.17, 15) is 9.90 Å². The summed E-state index contributed by atoms with van der Waals surface area (Å²) in [5.74, 6) is 0.555. The Morgan fingerprint density at radius 1 is 1.17 bits per heavy atom. The predicted octanol–water partition coefficient (Wildman–Crippen LogP) is 4.24. The van der Waals surface area contributed by atoms with Crippen LogP contribution >= 0.6 is 11.6 Å². The molecule has 2 aromatic carbocycles. The maximum absolute atomic E-state index is 11.3. The second-order valence-electron chi connectivity index (χ2n) is 7.68. The lowest BCUT2D eigenvalue weighted by molar-refractivity contribution is -0.143. The van der Waals surface area contributed by atoms with Gasteiger partial charge in [-0.1, -0.05) is 29.8 Å². The highest BCUT2D eigenvalue weighted by molar-refractivity contribution is 6.30. The number of carboxylic acid groups (broad SMARTS) is 1. The second kappa shape index (κ2) is 9.03. The van der Waals surface area contributed by atoms with Gasteiger partial charge in [0.15, 0.2) is 11.5 Å². The normalized spacial score (nSPS) is 21.7. The molecular weight excluding hydrogens is 392 g/mol. The van der Waals surface area contributed by atoms with Gasteiger partial charge in [-0.2, -0.15) is 0 Å². The lowest BCUT2D eigenvalue weighted by Gasteiger charge is -2.31. The quantitative estimate of drug-likeness (QED) is 0.759. The van der Waals surface area contributed by atoms with E-state index >= 15 is 0 Å². The number of nitrogens with one attached hydrogen (secondary N) is 1. The average Bonchev–Trinajstić information content (AvgIpc) is 2.72. The van der Waals surface area contributed by atoms with Crippen LogP contribution in [0.5, 0.6) is 11.5 Å². The van der Waals surface area contributed by atoms with Gasteiger partial charge >= 0.3 is 5.97 Å². The molecule has 1 unspecified atom stereocenters. The van der Waals surface area contributed by atoms with Crippen molar-refractivity contribution in [3.8, 4) is 11.5 Å². The molecule has 0 saturated carbocycles. The van der Waals surface area contributed by atoms with Crippen LogP contribution in [0, 0.1) is 5.92 Å². The second-order valence-corrected chi connectivity index (χ2v) is 8.12. The number of para-hydroxylation sites is 1. The molecule has 0 aliphatic carbocycles. The zero-order chi connectivity index (χ0) is 20.2. The number of fused-ring (bicyclic) bond motifs is 2. The van der Waals surface area contributed by atoms with Crippen LogP contribution < -0.4 is 15.3 Å². The number of hydrogen-bond acceptors (Lipinski definition) is 5. The number of benzene rings is 2. The summed E-state index contributed by atoms with van der Waals surface area (Å²) in [6.07, 6.45) is 3.53. The highest BCUT2D eigenvalue weighted by atomic mass is 35.5. The molecule has 7 heteroatoms. The van der Waals surface area contributed by atoms with Gasteiger partial charge in [0, 0.05) is 34.3 Å². The monoisotopic (exact) mass is 416 g/mol. The van der Waals surface area contributed by atoms with Gasteiger partial charge in [0.2, 0.25) is 0 Å². The standard InChI is InChI=1S/C22H25ClN2O4/c23-16-9-10-21-19(13-16)17(18-6-1-2-8-20(18)28-24-29-21)7-4-12-25-11-3-5-15(14-25)22(26)27/h1-2,6,8-10,13,15,17,24H,3-5,7,11-12,14H2,(H,26,27)/t15-,17?/m1/s1. The molecular formula is C22H25ClN2O4. The van der Waals surface area contributed by atoms with Crippen molar-refractivity contribution in [3.63, 3.8) is 0 Å². The van der Waals surface area contributed by atoms with Crippen molar-refractivity contribution in [1.29, 1.82) is 0 Å². The number of hydrogen-bond donors (Lipinski definition) is 2. The van der Waals surface area contributed by atoms with E-state index in [1.165, 1.54) is 0 Å². The van der Waals surface area contributed by atoms with Crippen molar-refractivity contribution in [2.45, 2.75) is 31.6 Å². The van der Waals surface area contributed by atoms with E-state index in [-0.39, 0.29) is 11.8 Å². The molecule has 2 N–H and O–H groups in total. The summed E-state index contributed by atoms with van der Waals surface area (Å²) in [6.45, 7) is 2.47. The molecule has 1 fully saturated rings.